The van der Waals surface area contributed by atoms with Gasteiger partial charge in [-0.3, -0.25) is 19.5 Å². The predicted molar refractivity (Wildman–Crippen MR) is 159 cm³/mol. The van der Waals surface area contributed by atoms with Gasteiger partial charge in [-0.1, -0.05) is 37.6 Å². The van der Waals surface area contributed by atoms with E-state index in [4.69, 9.17) is 14.2 Å². The summed E-state index contributed by atoms with van der Waals surface area (Å²) < 4.78 is 84.9. The fourth-order valence-corrected chi connectivity index (χ4v) is 7.09. The third-order valence-electron chi connectivity index (χ3n) is 8.69. The first-order chi connectivity index (χ1) is 21.2. The van der Waals surface area contributed by atoms with E-state index in [9.17, 15) is 33.8 Å². The number of hydrogen-bond donors (Lipinski definition) is 0. The maximum atomic E-state index is 14.7. The van der Waals surface area contributed by atoms with Crippen molar-refractivity contribution in [2.75, 3.05) is 40.0 Å². The topological polar surface area (TPSA) is 102 Å². The van der Waals surface area contributed by atoms with Crippen molar-refractivity contribution in [3.63, 3.8) is 0 Å². The van der Waals surface area contributed by atoms with E-state index in [1.165, 1.54) is 24.4 Å². The van der Waals surface area contributed by atoms with E-state index in [1.54, 1.807) is 37.8 Å². The highest BCUT2D eigenvalue weighted by molar-refractivity contribution is 8.48. The van der Waals surface area contributed by atoms with Gasteiger partial charge >= 0.3 is 16.3 Å². The number of ether oxygens (including phenoxy) is 3. The number of amides is 3. The van der Waals surface area contributed by atoms with Gasteiger partial charge in [0.2, 0.25) is 11.8 Å². The fourth-order valence-electron chi connectivity index (χ4n) is 6.34. The van der Waals surface area contributed by atoms with Crippen molar-refractivity contribution in [2.45, 2.75) is 69.9 Å². The van der Waals surface area contributed by atoms with Crippen molar-refractivity contribution in [1.29, 1.82) is 0 Å². The van der Waals surface area contributed by atoms with E-state index in [-0.39, 0.29) is 30.0 Å². The van der Waals surface area contributed by atoms with Gasteiger partial charge in [-0.2, -0.15) is 0 Å². The molecular formula is C30H39F5N4O6S. The Morgan fingerprint density at radius 1 is 1.17 bits per heavy atom. The molecular weight excluding hydrogens is 639 g/mol. The second-order valence-electron chi connectivity index (χ2n) is 13.4. The van der Waals surface area contributed by atoms with Crippen molar-refractivity contribution in [3.8, 4) is 0 Å². The molecule has 1 aliphatic carbocycles. The molecule has 4 heterocycles. The molecule has 0 N–H and O–H groups in total. The van der Waals surface area contributed by atoms with Crippen molar-refractivity contribution < 1.29 is 48.0 Å². The molecule has 3 aliphatic heterocycles. The van der Waals surface area contributed by atoms with Crippen molar-refractivity contribution >= 4 is 28.1 Å². The van der Waals surface area contributed by atoms with Gasteiger partial charge in [0.25, 0.3) is 0 Å². The Balaban J connectivity index is 1.57. The number of likely N-dealkylation sites (tertiary alicyclic amines) is 2. The lowest BCUT2D eigenvalue weighted by Crippen LogP contribution is -2.56. The number of halogens is 5. The number of allylic oxidation sites excluding steroid dienone is 1. The molecule has 10 nitrogen and oxygen atoms in total. The SMILES string of the molecule is COC1C[C@H](C(=O)N(C2C=CC(S(F)(F)(F)(F)F)=CC2)C(C(=O)N2CCC3(COC3)C2)c2cccnc2)N(C(=O)OC(C)(C)C)C1. The number of carbonyl (C=O) groups is 3. The molecule has 3 fully saturated rings. The molecule has 4 atom stereocenters. The zero-order chi connectivity index (χ0) is 33.8. The second-order valence-corrected chi connectivity index (χ2v) is 15.8. The maximum absolute atomic E-state index is 14.7. The Labute approximate surface area is 264 Å². The number of carbonyl (C=O) groups excluding carboxylic acids is 3. The van der Waals surface area contributed by atoms with E-state index < -0.39 is 69.3 Å². The van der Waals surface area contributed by atoms with Crippen molar-refractivity contribution in [2.24, 2.45) is 5.41 Å². The monoisotopic (exact) mass is 678 g/mol. The molecule has 0 radical (unpaired) electrons. The van der Waals surface area contributed by atoms with Crippen LogP contribution in [0.15, 0.2) is 47.7 Å². The van der Waals surface area contributed by atoms with Gasteiger partial charge in [0, 0.05) is 50.0 Å². The Hall–Kier alpha value is -3.24. The summed E-state index contributed by atoms with van der Waals surface area (Å²) in [7, 11) is -8.61. The van der Waals surface area contributed by atoms with Crippen LogP contribution in [0.1, 0.15) is 51.6 Å². The standard InChI is InChI=1S/C30H39F5N4O6S/c1-29(2,3)45-28(42)38-16-22(43-4)14-24(38)26(40)39(21-7-9-23(10-8-21)46(31,32,33,34)35)25(20-6-5-12-36-15-20)27(41)37-13-11-30(17-37)18-44-19-30/h5-7,9-10,12,15,21-22,24-25H,8,11,13-14,16-19H2,1-4H3/t21?,22?,24-,25?/m1/s1. The molecule has 3 amide bonds. The lowest BCUT2D eigenvalue weighted by molar-refractivity contribution is -0.151. The summed E-state index contributed by atoms with van der Waals surface area (Å²) in [5.74, 6) is -1.28. The van der Waals surface area contributed by atoms with Crippen LogP contribution in [0.25, 0.3) is 0 Å². The quantitative estimate of drug-likeness (QED) is 0.340. The molecule has 16 heteroatoms. The Morgan fingerprint density at radius 2 is 1.89 bits per heavy atom. The van der Waals surface area contributed by atoms with Gasteiger partial charge in [-0.15, -0.1) is 0 Å². The van der Waals surface area contributed by atoms with Gasteiger partial charge in [0.15, 0.2) is 0 Å². The van der Waals surface area contributed by atoms with Gasteiger partial charge in [-0.05, 0) is 45.8 Å². The zero-order valence-electron chi connectivity index (χ0n) is 26.0. The molecule has 1 spiro atoms. The second kappa shape index (κ2) is 11.2. The number of methoxy groups -OCH3 is 1. The van der Waals surface area contributed by atoms with Crippen LogP contribution < -0.4 is 0 Å². The van der Waals surface area contributed by atoms with Crippen LogP contribution in [0.2, 0.25) is 0 Å². The molecule has 5 rings (SSSR count). The summed E-state index contributed by atoms with van der Waals surface area (Å²) in [6.45, 7) is 6.57. The lowest BCUT2D eigenvalue weighted by Gasteiger charge is -2.44. The van der Waals surface area contributed by atoms with Crippen LogP contribution in [0, 0.1) is 5.41 Å². The van der Waals surface area contributed by atoms with Crippen LogP contribution in [-0.2, 0) is 23.8 Å². The molecule has 0 aromatic carbocycles. The van der Waals surface area contributed by atoms with Gasteiger partial charge < -0.3 is 24.0 Å². The minimum atomic E-state index is -10.0. The average Bonchev–Trinajstić information content (AvgIpc) is 3.60. The first-order valence-corrected chi connectivity index (χ1v) is 16.9. The number of rotatable bonds is 7. The van der Waals surface area contributed by atoms with E-state index >= 15 is 0 Å². The Kier molecular flexibility index (Phi) is 8.29. The molecule has 46 heavy (non-hydrogen) atoms. The number of nitrogens with zero attached hydrogens (tertiary/aromatic N) is 4. The molecule has 0 saturated carbocycles. The van der Waals surface area contributed by atoms with Crippen LogP contribution in [0.4, 0.5) is 24.2 Å². The number of aromatic nitrogens is 1. The minimum absolute atomic E-state index is 0.00613. The summed E-state index contributed by atoms with van der Waals surface area (Å²) in [5, 5.41) is 0. The summed E-state index contributed by atoms with van der Waals surface area (Å²) in [6, 6.07) is -0.767. The van der Waals surface area contributed by atoms with Crippen LogP contribution in [-0.4, -0.2) is 101 Å². The van der Waals surface area contributed by atoms with Crippen LogP contribution in [0.3, 0.4) is 0 Å². The highest BCUT2D eigenvalue weighted by atomic mass is 32.5. The summed E-state index contributed by atoms with van der Waals surface area (Å²) in [5.41, 5.74) is -0.870. The van der Waals surface area contributed by atoms with Crippen molar-refractivity contribution in [1.82, 2.24) is 19.7 Å². The van der Waals surface area contributed by atoms with Crippen molar-refractivity contribution in [3.05, 3.63) is 53.2 Å². The molecule has 1 aromatic rings. The normalized spacial score (nSPS) is 26.5. The maximum Gasteiger partial charge on any atom is 0.411 e. The summed E-state index contributed by atoms with van der Waals surface area (Å²) >= 11 is 0. The molecule has 1 aromatic heterocycles. The predicted octanol–water partition coefficient (Wildman–Crippen LogP) is 5.74. The zero-order valence-corrected chi connectivity index (χ0v) is 26.9. The molecule has 3 saturated heterocycles. The third-order valence-corrected chi connectivity index (χ3v) is 9.88. The van der Waals surface area contributed by atoms with Gasteiger partial charge in [0.05, 0.1) is 31.9 Å². The first-order valence-electron chi connectivity index (χ1n) is 14.9. The number of pyridine rings is 1. The molecule has 4 aliphatic rings. The van der Waals surface area contributed by atoms with Crippen LogP contribution in [0.5, 0.6) is 0 Å². The van der Waals surface area contributed by atoms with E-state index in [1.807, 2.05) is 0 Å². The van der Waals surface area contributed by atoms with E-state index in [0.717, 1.165) is 11.0 Å². The fraction of sp³-hybridized carbons (Fsp3) is 0.600. The third kappa shape index (κ3) is 7.18. The van der Waals surface area contributed by atoms with E-state index in [0.29, 0.717) is 38.8 Å². The highest BCUT2D eigenvalue weighted by Crippen LogP contribution is 3.02. The molecule has 3 unspecified atom stereocenters. The largest absolute Gasteiger partial charge is 0.444 e. The first kappa shape index (κ1) is 34.1. The lowest BCUT2D eigenvalue weighted by atomic mass is 9.85. The number of hydrogen-bond acceptors (Lipinski definition) is 7. The molecule has 0 bridgehead atoms. The molecule has 256 valence electrons. The van der Waals surface area contributed by atoms with Crippen LogP contribution >= 0.6 is 10.2 Å². The Morgan fingerprint density at radius 3 is 2.39 bits per heavy atom. The highest BCUT2D eigenvalue weighted by Gasteiger charge is 2.66. The van der Waals surface area contributed by atoms with Gasteiger partial charge in [-0.25, -0.2) is 4.79 Å². The average molecular weight is 679 g/mol. The van der Waals surface area contributed by atoms with Gasteiger partial charge in [0.1, 0.15) is 22.6 Å². The Bertz CT molecular complexity index is 1430. The van der Waals surface area contributed by atoms with E-state index in [2.05, 4.69) is 4.98 Å². The minimum Gasteiger partial charge on any atom is -0.444 e. The summed E-state index contributed by atoms with van der Waals surface area (Å²) in [6.07, 6.45) is 2.93. The summed E-state index contributed by atoms with van der Waals surface area (Å²) in [4.78, 5) is 48.4. The smallest absolute Gasteiger partial charge is 0.411 e.